The zero-order valence-electron chi connectivity index (χ0n) is 12.3. The van der Waals surface area contributed by atoms with Crippen molar-refractivity contribution in [2.45, 2.75) is 30.2 Å². The molecule has 0 aromatic carbocycles. The number of alkyl halides is 1. The molecule has 0 spiro atoms. The van der Waals surface area contributed by atoms with Crippen LogP contribution < -0.4 is 11.2 Å². The number of hydrogen-bond donors (Lipinski definition) is 3. The lowest BCUT2D eigenvalue weighted by Crippen LogP contribution is -2.44. The monoisotopic (exact) mass is 302 g/mol. The number of nitrogens with one attached hydrogen (secondary N) is 1. The summed E-state index contributed by atoms with van der Waals surface area (Å²) >= 11 is 6.15. The van der Waals surface area contributed by atoms with Crippen LogP contribution >= 0.6 is 11.6 Å². The minimum absolute atomic E-state index is 0.144. The first kappa shape index (κ1) is 12.2. The molecule has 1 fully saturated rings. The van der Waals surface area contributed by atoms with Crippen molar-refractivity contribution in [2.24, 2.45) is 0 Å². The SMILES string of the molecule is [2H]C([2H])(O)[C@H]1O[C@@H](n2c(C)cc(=O)[nH]c2=O)C(Cl)(C#C)[C@H]1O. The second-order valence-corrected chi connectivity index (χ2v) is 4.97. The van der Waals surface area contributed by atoms with E-state index in [0.29, 0.717) is 0 Å². The molecule has 1 unspecified atom stereocenters. The molecule has 2 heterocycles. The molecule has 1 aromatic heterocycles. The number of rotatable bonds is 2. The van der Waals surface area contributed by atoms with Gasteiger partial charge in [0.15, 0.2) is 11.1 Å². The Balaban J connectivity index is 2.63. The molecule has 7 nitrogen and oxygen atoms in total. The summed E-state index contributed by atoms with van der Waals surface area (Å²) in [6.07, 6.45) is 0.264. The summed E-state index contributed by atoms with van der Waals surface area (Å²) in [6, 6.07) is 1.09. The van der Waals surface area contributed by atoms with Gasteiger partial charge in [0.05, 0.1) is 9.30 Å². The molecular formula is C12H13ClN2O5. The molecule has 1 aliphatic rings. The molecule has 3 N–H and O–H groups in total. The Morgan fingerprint density at radius 1 is 1.75 bits per heavy atom. The van der Waals surface area contributed by atoms with Gasteiger partial charge in [0.1, 0.15) is 12.2 Å². The van der Waals surface area contributed by atoms with Gasteiger partial charge in [0.25, 0.3) is 5.56 Å². The maximum Gasteiger partial charge on any atom is 0.330 e. The van der Waals surface area contributed by atoms with Crippen molar-refractivity contribution in [3.05, 3.63) is 32.6 Å². The molecule has 20 heavy (non-hydrogen) atoms. The number of terminal acetylenes is 1. The van der Waals surface area contributed by atoms with E-state index in [4.69, 9.17) is 25.5 Å². The normalized spacial score (nSPS) is 35.2. The van der Waals surface area contributed by atoms with E-state index in [2.05, 4.69) is 5.92 Å². The van der Waals surface area contributed by atoms with E-state index in [0.717, 1.165) is 10.6 Å². The average molecular weight is 303 g/mol. The largest absolute Gasteiger partial charge is 0.394 e. The third kappa shape index (κ3) is 2.07. The smallest absolute Gasteiger partial charge is 0.330 e. The van der Waals surface area contributed by atoms with E-state index in [1.165, 1.54) is 6.92 Å². The summed E-state index contributed by atoms with van der Waals surface area (Å²) in [6.45, 7) is -1.52. The molecule has 0 amide bonds. The Morgan fingerprint density at radius 2 is 2.40 bits per heavy atom. The Kier molecular flexibility index (Phi) is 3.09. The average Bonchev–Trinajstić information content (AvgIpc) is 2.63. The molecule has 0 aliphatic carbocycles. The summed E-state index contributed by atoms with van der Waals surface area (Å²) in [7, 11) is 0. The highest BCUT2D eigenvalue weighted by molar-refractivity contribution is 6.27. The van der Waals surface area contributed by atoms with Gasteiger partial charge in [0, 0.05) is 11.8 Å². The van der Waals surface area contributed by atoms with Gasteiger partial charge >= 0.3 is 5.69 Å². The molecular weight excluding hydrogens is 288 g/mol. The maximum absolute atomic E-state index is 12.0. The summed E-state index contributed by atoms with van der Waals surface area (Å²) in [4.78, 5) is 23.2. The lowest BCUT2D eigenvalue weighted by molar-refractivity contribution is -0.0471. The molecule has 1 aliphatic heterocycles. The van der Waals surface area contributed by atoms with Crippen LogP contribution in [0.3, 0.4) is 0 Å². The zero-order chi connectivity index (χ0) is 16.9. The van der Waals surface area contributed by atoms with Crippen LogP contribution in [0.4, 0.5) is 0 Å². The Hall–Kier alpha value is -1.59. The van der Waals surface area contributed by atoms with Crippen molar-refractivity contribution in [3.8, 4) is 12.3 Å². The zero-order valence-corrected chi connectivity index (χ0v) is 11.1. The van der Waals surface area contributed by atoms with Gasteiger partial charge in [-0.3, -0.25) is 14.3 Å². The van der Waals surface area contributed by atoms with Gasteiger partial charge < -0.3 is 14.9 Å². The van der Waals surface area contributed by atoms with Crippen molar-refractivity contribution >= 4 is 11.6 Å². The predicted octanol–water partition coefficient (Wildman–Crippen LogP) is -1.29. The quantitative estimate of drug-likeness (QED) is 0.465. The minimum Gasteiger partial charge on any atom is -0.394 e. The van der Waals surface area contributed by atoms with Crippen molar-refractivity contribution < 1.29 is 17.7 Å². The number of aromatic nitrogens is 2. The fourth-order valence-corrected chi connectivity index (χ4v) is 2.36. The second kappa shape index (κ2) is 5.07. The van der Waals surface area contributed by atoms with Crippen LogP contribution in [0.2, 0.25) is 0 Å². The number of aliphatic hydroxyl groups is 2. The number of hydrogen-bond acceptors (Lipinski definition) is 5. The van der Waals surface area contributed by atoms with Gasteiger partial charge in [-0.2, -0.15) is 0 Å². The number of ether oxygens (including phenoxy) is 1. The number of aromatic amines is 1. The highest BCUT2D eigenvalue weighted by Crippen LogP contribution is 2.42. The van der Waals surface area contributed by atoms with Crippen LogP contribution in [0, 0.1) is 19.3 Å². The van der Waals surface area contributed by atoms with Crippen LogP contribution in [0.25, 0.3) is 0 Å². The fraction of sp³-hybridized carbons (Fsp3) is 0.500. The van der Waals surface area contributed by atoms with Crippen molar-refractivity contribution in [3.63, 3.8) is 0 Å². The molecule has 1 saturated heterocycles. The van der Waals surface area contributed by atoms with Crippen molar-refractivity contribution in [2.75, 3.05) is 6.56 Å². The number of aryl methyl sites for hydroxylation is 1. The van der Waals surface area contributed by atoms with Crippen LogP contribution in [-0.4, -0.2) is 43.4 Å². The number of H-pyrrole nitrogens is 1. The first-order valence-electron chi connectivity index (χ1n) is 6.57. The molecule has 4 atom stereocenters. The van der Waals surface area contributed by atoms with Crippen LogP contribution in [0.5, 0.6) is 0 Å². The molecule has 8 heteroatoms. The first-order chi connectivity index (χ1) is 10.0. The molecule has 0 bridgehead atoms. The third-order valence-corrected chi connectivity index (χ3v) is 3.62. The van der Waals surface area contributed by atoms with E-state index in [1.54, 1.807) is 0 Å². The Morgan fingerprint density at radius 3 is 2.90 bits per heavy atom. The Labute approximate surface area is 121 Å². The van der Waals surface area contributed by atoms with Crippen molar-refractivity contribution in [1.82, 2.24) is 9.55 Å². The van der Waals surface area contributed by atoms with Gasteiger partial charge in [-0.05, 0) is 6.92 Å². The van der Waals surface area contributed by atoms with Crippen LogP contribution in [0.1, 0.15) is 14.7 Å². The molecule has 108 valence electrons. The minimum atomic E-state index is -2.94. The summed E-state index contributed by atoms with van der Waals surface area (Å²) in [5.74, 6) is 2.07. The van der Waals surface area contributed by atoms with E-state index >= 15 is 0 Å². The van der Waals surface area contributed by atoms with Gasteiger partial charge in [-0.1, -0.05) is 17.5 Å². The van der Waals surface area contributed by atoms with Gasteiger partial charge in [0.2, 0.25) is 0 Å². The van der Waals surface area contributed by atoms with E-state index in [1.807, 2.05) is 4.98 Å². The number of aliphatic hydroxyl groups excluding tert-OH is 1. The summed E-state index contributed by atoms with van der Waals surface area (Å²) in [5, 5.41) is 19.6. The highest BCUT2D eigenvalue weighted by Gasteiger charge is 2.55. The second-order valence-electron chi connectivity index (χ2n) is 4.35. The van der Waals surface area contributed by atoms with Crippen LogP contribution in [-0.2, 0) is 4.74 Å². The Bertz CT molecular complexity index is 750. The number of nitrogens with zero attached hydrogens (tertiary/aromatic N) is 1. The topological polar surface area (TPSA) is 105 Å². The third-order valence-electron chi connectivity index (χ3n) is 3.10. The lowest BCUT2D eigenvalue weighted by Gasteiger charge is -2.26. The highest BCUT2D eigenvalue weighted by atomic mass is 35.5. The molecule has 2 rings (SSSR count). The summed E-state index contributed by atoms with van der Waals surface area (Å²) in [5.41, 5.74) is -1.39. The van der Waals surface area contributed by atoms with Crippen LogP contribution in [0.15, 0.2) is 15.7 Å². The fourth-order valence-electron chi connectivity index (χ4n) is 2.10. The molecule has 0 radical (unpaired) electrons. The van der Waals surface area contributed by atoms with Crippen molar-refractivity contribution in [1.29, 1.82) is 0 Å². The van der Waals surface area contributed by atoms with E-state index in [9.17, 15) is 19.8 Å². The first-order valence-corrected chi connectivity index (χ1v) is 5.95. The molecule has 0 saturated carbocycles. The van der Waals surface area contributed by atoms with Gasteiger partial charge in [-0.15, -0.1) is 6.42 Å². The summed E-state index contributed by atoms with van der Waals surface area (Å²) < 4.78 is 20.7. The van der Waals surface area contributed by atoms with Gasteiger partial charge in [-0.25, -0.2) is 4.79 Å². The van der Waals surface area contributed by atoms with E-state index < -0.39 is 41.1 Å². The lowest BCUT2D eigenvalue weighted by atomic mass is 9.99. The maximum atomic E-state index is 12.0. The molecule has 1 aromatic rings. The standard InChI is InChI=1S/C12H13ClN2O5/c1-3-12(13)9(18)7(5-16)20-10(12)15-6(2)4-8(17)14-11(15)19/h1,4,7,9-10,16,18H,5H2,2H3,(H,14,17,19)/t7-,9+,10-,12?/m1/s1/i5D2. The van der Waals surface area contributed by atoms with E-state index in [-0.39, 0.29) is 5.69 Å². The predicted molar refractivity (Wildman–Crippen MR) is 70.5 cm³/mol. The number of halogens is 1.